The van der Waals surface area contributed by atoms with Crippen molar-refractivity contribution in [3.05, 3.63) is 28.3 Å². The average Bonchev–Trinajstić information content (AvgIpc) is 2.37. The molecule has 0 atom stereocenters. The lowest BCUT2D eigenvalue weighted by Crippen LogP contribution is -2.29. The monoisotopic (exact) mass is 340 g/mol. The van der Waals surface area contributed by atoms with Crippen molar-refractivity contribution in [2.75, 3.05) is 6.54 Å². The van der Waals surface area contributed by atoms with Gasteiger partial charge in [0.05, 0.1) is 11.4 Å². The van der Waals surface area contributed by atoms with E-state index >= 15 is 0 Å². The van der Waals surface area contributed by atoms with E-state index in [0.29, 0.717) is 17.7 Å². The molecule has 0 aliphatic rings. The van der Waals surface area contributed by atoms with Crippen molar-refractivity contribution in [2.24, 2.45) is 0 Å². The maximum atomic E-state index is 12.2. The molecule has 0 fully saturated rings. The van der Waals surface area contributed by atoms with Gasteiger partial charge < -0.3 is 5.32 Å². The molecule has 0 unspecified atom stereocenters. The third kappa shape index (κ3) is 5.50. The summed E-state index contributed by atoms with van der Waals surface area (Å²) in [6, 6.07) is 3.16. The van der Waals surface area contributed by atoms with Crippen LogP contribution in [0.15, 0.2) is 17.0 Å². The number of benzene rings is 1. The van der Waals surface area contributed by atoms with Crippen LogP contribution in [0.1, 0.15) is 25.0 Å². The minimum atomic E-state index is -4.01. The van der Waals surface area contributed by atoms with Gasteiger partial charge in [-0.3, -0.25) is 0 Å². The third-order valence-corrected chi connectivity index (χ3v) is 4.62. The van der Waals surface area contributed by atoms with Crippen molar-refractivity contribution in [1.82, 2.24) is 10.0 Å². The van der Waals surface area contributed by atoms with E-state index in [0.717, 1.165) is 0 Å². The fraction of sp³-hybridized carbons (Fsp3) is 0.538. The van der Waals surface area contributed by atoms with E-state index in [1.807, 2.05) is 18.6 Å². The number of halogens is 3. The number of rotatable bonds is 7. The van der Waals surface area contributed by atoms with Gasteiger partial charge in [0.15, 0.2) is 0 Å². The first-order valence-corrected chi connectivity index (χ1v) is 8.30. The van der Waals surface area contributed by atoms with Gasteiger partial charge in [0.1, 0.15) is 0 Å². The minimum absolute atomic E-state index is 0.0730. The van der Waals surface area contributed by atoms with Gasteiger partial charge in [-0.1, -0.05) is 25.4 Å². The number of hydrogen-bond donors (Lipinski definition) is 2. The number of hydrogen-bond acceptors (Lipinski definition) is 3. The summed E-state index contributed by atoms with van der Waals surface area (Å²) in [6.07, 6.45) is -2.75. The standard InChI is InChI=1S/C13H19ClF2N2O2S/c1-8(2)17-6-10-4-11(14)5-12(9(10)3)21(19,20)18-7-13(15)16/h4-5,8,13,17-18H,6-7H2,1-3H3. The summed E-state index contributed by atoms with van der Waals surface area (Å²) >= 11 is 5.94. The summed E-state index contributed by atoms with van der Waals surface area (Å²) < 4.78 is 50.4. The van der Waals surface area contributed by atoms with Gasteiger partial charge in [0, 0.05) is 17.6 Å². The first-order valence-electron chi connectivity index (χ1n) is 6.43. The Morgan fingerprint density at radius 2 is 1.90 bits per heavy atom. The van der Waals surface area contributed by atoms with Gasteiger partial charge >= 0.3 is 0 Å². The van der Waals surface area contributed by atoms with Crippen LogP contribution in [-0.2, 0) is 16.6 Å². The Hall–Kier alpha value is -0.760. The van der Waals surface area contributed by atoms with E-state index in [4.69, 9.17) is 11.6 Å². The zero-order valence-electron chi connectivity index (χ0n) is 12.1. The lowest BCUT2D eigenvalue weighted by atomic mass is 10.1. The molecule has 21 heavy (non-hydrogen) atoms. The molecule has 0 amide bonds. The number of alkyl halides is 2. The molecule has 2 N–H and O–H groups in total. The van der Waals surface area contributed by atoms with Crippen LogP contribution in [0.3, 0.4) is 0 Å². The smallest absolute Gasteiger partial charge is 0.251 e. The normalized spacial score (nSPS) is 12.4. The number of nitrogens with one attached hydrogen (secondary N) is 2. The Labute approximate surface area is 128 Å². The predicted octanol–water partition coefficient (Wildman–Crippen LogP) is 2.69. The van der Waals surface area contributed by atoms with Gasteiger partial charge in [-0.25, -0.2) is 21.9 Å². The van der Waals surface area contributed by atoms with Crippen LogP contribution >= 0.6 is 11.6 Å². The molecule has 1 aromatic carbocycles. The van der Waals surface area contributed by atoms with Gasteiger partial charge in [0.25, 0.3) is 6.43 Å². The highest BCUT2D eigenvalue weighted by Gasteiger charge is 2.21. The van der Waals surface area contributed by atoms with E-state index in [9.17, 15) is 17.2 Å². The Kier molecular flexibility index (Phi) is 6.52. The topological polar surface area (TPSA) is 58.2 Å². The second-order valence-corrected chi connectivity index (χ2v) is 7.14. The first kappa shape index (κ1) is 18.3. The second kappa shape index (κ2) is 7.49. The minimum Gasteiger partial charge on any atom is -0.310 e. The predicted molar refractivity (Wildman–Crippen MR) is 79.4 cm³/mol. The molecule has 0 heterocycles. The molecule has 0 spiro atoms. The molecule has 1 aromatic rings. The molecule has 0 bridgehead atoms. The second-order valence-electron chi connectivity index (χ2n) is 4.97. The van der Waals surface area contributed by atoms with Gasteiger partial charge in [-0.2, -0.15) is 0 Å². The first-order chi connectivity index (χ1) is 9.63. The van der Waals surface area contributed by atoms with Gasteiger partial charge in [0.2, 0.25) is 10.0 Å². The molecule has 0 radical (unpaired) electrons. The molecule has 1 rings (SSSR count). The molecule has 8 heteroatoms. The quantitative estimate of drug-likeness (QED) is 0.802. The molecule has 0 aromatic heterocycles. The maximum Gasteiger partial charge on any atom is 0.251 e. The summed E-state index contributed by atoms with van der Waals surface area (Å²) in [4.78, 5) is -0.0730. The van der Waals surface area contributed by atoms with Crippen LogP contribution in [-0.4, -0.2) is 27.4 Å². The maximum absolute atomic E-state index is 12.2. The fourth-order valence-corrected chi connectivity index (χ4v) is 3.36. The van der Waals surface area contributed by atoms with Crippen molar-refractivity contribution < 1.29 is 17.2 Å². The summed E-state index contributed by atoms with van der Waals surface area (Å²) in [5.41, 5.74) is 1.21. The van der Waals surface area contributed by atoms with Crippen molar-refractivity contribution in [2.45, 2.75) is 44.7 Å². The summed E-state index contributed by atoms with van der Waals surface area (Å²) in [6.45, 7) is 5.07. The number of sulfonamides is 1. The van der Waals surface area contributed by atoms with E-state index in [1.165, 1.54) is 6.07 Å². The van der Waals surface area contributed by atoms with Crippen molar-refractivity contribution >= 4 is 21.6 Å². The Balaban J connectivity index is 3.12. The van der Waals surface area contributed by atoms with Crippen LogP contribution < -0.4 is 10.0 Å². The van der Waals surface area contributed by atoms with E-state index < -0.39 is 23.0 Å². The van der Waals surface area contributed by atoms with Gasteiger partial charge in [-0.05, 0) is 30.2 Å². The Morgan fingerprint density at radius 1 is 1.29 bits per heavy atom. The highest BCUT2D eigenvalue weighted by Crippen LogP contribution is 2.24. The lowest BCUT2D eigenvalue weighted by molar-refractivity contribution is 0.153. The lowest BCUT2D eigenvalue weighted by Gasteiger charge is -2.15. The highest BCUT2D eigenvalue weighted by molar-refractivity contribution is 7.89. The Morgan fingerprint density at radius 3 is 2.43 bits per heavy atom. The van der Waals surface area contributed by atoms with Crippen LogP contribution in [0, 0.1) is 6.92 Å². The van der Waals surface area contributed by atoms with Crippen molar-refractivity contribution in [3.8, 4) is 0 Å². The molecule has 0 saturated heterocycles. The zero-order valence-corrected chi connectivity index (χ0v) is 13.7. The molecule has 0 aliphatic heterocycles. The molecule has 4 nitrogen and oxygen atoms in total. The average molecular weight is 341 g/mol. The largest absolute Gasteiger partial charge is 0.310 e. The van der Waals surface area contributed by atoms with Crippen molar-refractivity contribution in [1.29, 1.82) is 0 Å². The molecular weight excluding hydrogens is 322 g/mol. The third-order valence-electron chi connectivity index (χ3n) is 2.85. The molecule has 0 saturated carbocycles. The fourth-order valence-electron chi connectivity index (χ4n) is 1.74. The van der Waals surface area contributed by atoms with Crippen molar-refractivity contribution in [3.63, 3.8) is 0 Å². The van der Waals surface area contributed by atoms with E-state index in [2.05, 4.69) is 5.32 Å². The van der Waals surface area contributed by atoms with Crippen LogP contribution in [0.2, 0.25) is 5.02 Å². The molecule has 0 aliphatic carbocycles. The van der Waals surface area contributed by atoms with E-state index in [1.54, 1.807) is 13.0 Å². The summed E-state index contributed by atoms with van der Waals surface area (Å²) in [5.74, 6) is 0. The Bertz CT molecular complexity index is 592. The zero-order chi connectivity index (χ0) is 16.2. The summed E-state index contributed by atoms with van der Waals surface area (Å²) in [7, 11) is -4.01. The molecular formula is C13H19ClF2N2O2S. The highest BCUT2D eigenvalue weighted by atomic mass is 35.5. The van der Waals surface area contributed by atoms with Crippen LogP contribution in [0.25, 0.3) is 0 Å². The summed E-state index contributed by atoms with van der Waals surface area (Å²) in [5, 5.41) is 3.41. The SMILES string of the molecule is Cc1c(CNC(C)C)cc(Cl)cc1S(=O)(=O)NCC(F)F. The van der Waals surface area contributed by atoms with E-state index in [-0.39, 0.29) is 16.0 Å². The van der Waals surface area contributed by atoms with Gasteiger partial charge in [-0.15, -0.1) is 0 Å². The van der Waals surface area contributed by atoms with Crippen LogP contribution in [0.4, 0.5) is 8.78 Å². The van der Waals surface area contributed by atoms with Crippen LogP contribution in [0.5, 0.6) is 0 Å². The molecule has 120 valence electrons.